The lowest BCUT2D eigenvalue weighted by Crippen LogP contribution is -2.20. The highest BCUT2D eigenvalue weighted by molar-refractivity contribution is 5.84. The Morgan fingerprint density at radius 3 is 2.62 bits per heavy atom. The van der Waals surface area contributed by atoms with E-state index in [2.05, 4.69) is 13.8 Å². The van der Waals surface area contributed by atoms with Crippen LogP contribution in [0.15, 0.2) is 12.2 Å². The number of ketones is 1. The Bertz CT molecular complexity index is 517. The summed E-state index contributed by atoms with van der Waals surface area (Å²) in [6.45, 7) is 4.30. The molecule has 0 spiro atoms. The summed E-state index contributed by atoms with van der Waals surface area (Å²) >= 11 is 0. The van der Waals surface area contributed by atoms with Crippen LogP contribution in [-0.2, 0) is 14.3 Å². The first-order chi connectivity index (χ1) is 13.8. The molecule has 3 N–H and O–H groups in total. The van der Waals surface area contributed by atoms with Gasteiger partial charge in [-0.15, -0.1) is 0 Å². The van der Waals surface area contributed by atoms with Crippen LogP contribution < -0.4 is 0 Å². The third-order valence-electron chi connectivity index (χ3n) is 6.01. The Labute approximate surface area is 175 Å². The van der Waals surface area contributed by atoms with Crippen molar-refractivity contribution in [1.29, 1.82) is 0 Å². The van der Waals surface area contributed by atoms with Crippen molar-refractivity contribution >= 4 is 11.8 Å². The lowest BCUT2D eigenvalue weighted by atomic mass is 9.88. The van der Waals surface area contributed by atoms with Gasteiger partial charge >= 0.3 is 5.97 Å². The number of carboxylic acids is 1. The van der Waals surface area contributed by atoms with Gasteiger partial charge in [-0.3, -0.25) is 9.59 Å². The van der Waals surface area contributed by atoms with E-state index in [0.29, 0.717) is 25.2 Å². The number of Topliss-reactive ketones (excluding diaryl/α,β-unsaturated/α-hetero) is 1. The topological polar surface area (TPSA) is 104 Å². The molecule has 1 aliphatic carbocycles. The fourth-order valence-electron chi connectivity index (χ4n) is 4.24. The van der Waals surface area contributed by atoms with E-state index in [1.165, 1.54) is 7.11 Å². The maximum atomic E-state index is 12.3. The standard InChI is InChI=1S/C23H40O6/c1-4-5-8-16(2)13-17(24)11-12-20-19(21(25)15-22(20)26)10-7-6-9-18(29-3)14-23(27)28/h11-12,16-20,22,24,26H,4-10,13-15H2,1-3H3,(H,27,28)/b12-11+/t16?,17?,18?,19-,20-,22?/m1/s1. The van der Waals surface area contributed by atoms with Crippen LogP contribution in [0.1, 0.15) is 78.1 Å². The van der Waals surface area contributed by atoms with E-state index in [0.717, 1.165) is 32.1 Å². The molecule has 0 bridgehead atoms. The summed E-state index contributed by atoms with van der Waals surface area (Å²) in [4.78, 5) is 23.1. The van der Waals surface area contributed by atoms with E-state index >= 15 is 0 Å². The van der Waals surface area contributed by atoms with Crippen molar-refractivity contribution in [1.82, 2.24) is 0 Å². The van der Waals surface area contributed by atoms with Gasteiger partial charge in [0.15, 0.2) is 0 Å². The second-order valence-corrected chi connectivity index (χ2v) is 8.60. The Morgan fingerprint density at radius 1 is 1.28 bits per heavy atom. The molecule has 0 heterocycles. The van der Waals surface area contributed by atoms with Gasteiger partial charge in [0, 0.05) is 25.4 Å². The van der Waals surface area contributed by atoms with Gasteiger partial charge < -0.3 is 20.1 Å². The number of hydrogen-bond acceptors (Lipinski definition) is 5. The first-order valence-electron chi connectivity index (χ1n) is 11.1. The van der Waals surface area contributed by atoms with Crippen LogP contribution in [0.4, 0.5) is 0 Å². The number of carbonyl (C=O) groups is 2. The van der Waals surface area contributed by atoms with Crippen molar-refractivity contribution in [3.63, 3.8) is 0 Å². The third-order valence-corrected chi connectivity index (χ3v) is 6.01. The smallest absolute Gasteiger partial charge is 0.305 e. The molecule has 168 valence electrons. The maximum absolute atomic E-state index is 12.3. The number of aliphatic hydroxyl groups excluding tert-OH is 2. The molecule has 0 amide bonds. The molecule has 1 rings (SSSR count). The molecule has 29 heavy (non-hydrogen) atoms. The molecule has 1 saturated carbocycles. The Hall–Kier alpha value is -1.24. The minimum absolute atomic E-state index is 0.0164. The van der Waals surface area contributed by atoms with Gasteiger partial charge in [0.25, 0.3) is 0 Å². The monoisotopic (exact) mass is 412 g/mol. The number of ether oxygens (including phenoxy) is 1. The SMILES string of the molecule is CCCCC(C)CC(O)/C=C/[C@H]1C(O)CC(=O)[C@@H]1CCCCC(CC(=O)O)OC. The van der Waals surface area contributed by atoms with Gasteiger partial charge in [0.1, 0.15) is 5.78 Å². The fraction of sp³-hybridized carbons (Fsp3) is 0.826. The quantitative estimate of drug-likeness (QED) is 0.280. The normalized spacial score (nSPS) is 25.4. The van der Waals surface area contributed by atoms with E-state index in [1.807, 2.05) is 6.08 Å². The maximum Gasteiger partial charge on any atom is 0.305 e. The summed E-state index contributed by atoms with van der Waals surface area (Å²) < 4.78 is 5.19. The molecule has 4 unspecified atom stereocenters. The van der Waals surface area contributed by atoms with Gasteiger partial charge in [-0.1, -0.05) is 58.1 Å². The predicted octanol–water partition coefficient (Wildman–Crippen LogP) is 3.74. The number of unbranched alkanes of at least 4 members (excludes halogenated alkanes) is 2. The molecule has 0 radical (unpaired) electrons. The fourth-order valence-corrected chi connectivity index (χ4v) is 4.24. The number of carbonyl (C=O) groups excluding carboxylic acids is 1. The molecule has 6 atom stereocenters. The summed E-state index contributed by atoms with van der Waals surface area (Å²) in [5.74, 6) is -0.836. The van der Waals surface area contributed by atoms with Crippen molar-refractivity contribution in [3.8, 4) is 0 Å². The number of aliphatic hydroxyl groups is 2. The van der Waals surface area contributed by atoms with Gasteiger partial charge in [0.2, 0.25) is 0 Å². The van der Waals surface area contributed by atoms with Gasteiger partial charge in [0.05, 0.1) is 24.7 Å². The molecule has 0 aromatic rings. The second-order valence-electron chi connectivity index (χ2n) is 8.60. The highest BCUT2D eigenvalue weighted by Gasteiger charge is 2.39. The Balaban J connectivity index is 2.50. The van der Waals surface area contributed by atoms with Crippen molar-refractivity contribution in [2.45, 2.75) is 96.4 Å². The van der Waals surface area contributed by atoms with Crippen LogP contribution in [0.5, 0.6) is 0 Å². The van der Waals surface area contributed by atoms with Gasteiger partial charge in [-0.25, -0.2) is 0 Å². The molecule has 0 aromatic heterocycles. The molecular weight excluding hydrogens is 372 g/mol. The van der Waals surface area contributed by atoms with Gasteiger partial charge in [-0.2, -0.15) is 0 Å². The molecule has 6 heteroatoms. The number of aliphatic carboxylic acids is 1. The Morgan fingerprint density at radius 2 is 2.00 bits per heavy atom. The molecule has 1 fully saturated rings. The van der Waals surface area contributed by atoms with Crippen LogP contribution in [0.3, 0.4) is 0 Å². The van der Waals surface area contributed by atoms with Crippen LogP contribution >= 0.6 is 0 Å². The molecule has 0 aliphatic heterocycles. The number of hydrogen-bond donors (Lipinski definition) is 3. The van der Waals surface area contributed by atoms with E-state index in [-0.39, 0.29) is 36.6 Å². The summed E-state index contributed by atoms with van der Waals surface area (Å²) in [6, 6.07) is 0. The van der Waals surface area contributed by atoms with Crippen molar-refractivity contribution in [3.05, 3.63) is 12.2 Å². The lowest BCUT2D eigenvalue weighted by Gasteiger charge is -2.19. The molecular formula is C23H40O6. The van der Waals surface area contributed by atoms with E-state index in [1.54, 1.807) is 6.08 Å². The molecule has 1 aliphatic rings. The van der Waals surface area contributed by atoms with Crippen LogP contribution in [0.2, 0.25) is 0 Å². The lowest BCUT2D eigenvalue weighted by molar-refractivity contribution is -0.139. The minimum Gasteiger partial charge on any atom is -0.481 e. The van der Waals surface area contributed by atoms with Crippen molar-refractivity contribution in [2.75, 3.05) is 7.11 Å². The number of rotatable bonds is 15. The first kappa shape index (κ1) is 25.8. The average Bonchev–Trinajstić information content (AvgIpc) is 2.93. The summed E-state index contributed by atoms with van der Waals surface area (Å²) in [5.41, 5.74) is 0. The highest BCUT2D eigenvalue weighted by Crippen LogP contribution is 2.34. The number of methoxy groups -OCH3 is 1. The summed E-state index contributed by atoms with van der Waals surface area (Å²) in [5, 5.41) is 29.4. The zero-order valence-corrected chi connectivity index (χ0v) is 18.3. The first-order valence-corrected chi connectivity index (χ1v) is 11.1. The average molecular weight is 413 g/mol. The predicted molar refractivity (Wildman–Crippen MR) is 113 cm³/mol. The van der Waals surface area contributed by atoms with E-state index in [9.17, 15) is 19.8 Å². The molecule has 0 aromatic carbocycles. The van der Waals surface area contributed by atoms with Crippen molar-refractivity contribution in [2.24, 2.45) is 17.8 Å². The Kier molecular flexibility index (Phi) is 12.4. The summed E-state index contributed by atoms with van der Waals surface area (Å²) in [6.07, 6.45) is 9.14. The van der Waals surface area contributed by atoms with Crippen LogP contribution in [0.25, 0.3) is 0 Å². The second kappa shape index (κ2) is 13.9. The van der Waals surface area contributed by atoms with Crippen LogP contribution in [-0.4, -0.2) is 52.5 Å². The molecule has 0 saturated heterocycles. The highest BCUT2D eigenvalue weighted by atomic mass is 16.5. The van der Waals surface area contributed by atoms with E-state index < -0.39 is 18.2 Å². The summed E-state index contributed by atoms with van der Waals surface area (Å²) in [7, 11) is 1.51. The largest absolute Gasteiger partial charge is 0.481 e. The third kappa shape index (κ3) is 9.87. The van der Waals surface area contributed by atoms with Crippen molar-refractivity contribution < 1.29 is 29.6 Å². The van der Waals surface area contributed by atoms with Crippen LogP contribution in [0, 0.1) is 17.8 Å². The number of carboxylic acid groups (broad SMARTS) is 1. The molecule has 6 nitrogen and oxygen atoms in total. The zero-order valence-electron chi connectivity index (χ0n) is 18.3. The van der Waals surface area contributed by atoms with E-state index in [4.69, 9.17) is 9.84 Å². The minimum atomic E-state index is -0.876. The van der Waals surface area contributed by atoms with Gasteiger partial charge in [-0.05, 0) is 25.2 Å². The zero-order chi connectivity index (χ0) is 21.8.